The molecular formula is C21H32NO8-. The predicted molar refractivity (Wildman–Crippen MR) is 108 cm³/mol. The van der Waals surface area contributed by atoms with E-state index in [4.69, 9.17) is 23.7 Å². The number of hydrogen-bond donors (Lipinski definition) is 1. The van der Waals surface area contributed by atoms with Crippen LogP contribution in [-0.4, -0.2) is 76.1 Å². The third-order valence-corrected chi connectivity index (χ3v) is 3.84. The fourth-order valence-corrected chi connectivity index (χ4v) is 2.57. The van der Waals surface area contributed by atoms with Crippen LogP contribution >= 0.6 is 0 Å². The van der Waals surface area contributed by atoms with Gasteiger partial charge in [0, 0.05) is 0 Å². The first-order chi connectivity index (χ1) is 14.1. The van der Waals surface area contributed by atoms with Crippen LogP contribution in [-0.2, 0) is 28.5 Å². The van der Waals surface area contributed by atoms with Gasteiger partial charge < -0.3 is 38.9 Å². The van der Waals surface area contributed by atoms with Gasteiger partial charge in [0.2, 0.25) is 0 Å². The number of amides is 1. The first-order valence-corrected chi connectivity index (χ1v) is 9.60. The molecule has 0 aromatic heterocycles. The molecule has 0 spiro atoms. The van der Waals surface area contributed by atoms with E-state index in [1.807, 2.05) is 12.2 Å². The molecule has 0 bridgehead atoms. The highest BCUT2D eigenvalue weighted by molar-refractivity contribution is 5.80. The topological polar surface area (TPSA) is 115 Å². The third kappa shape index (κ3) is 10.0. The molecule has 1 aliphatic rings. The Morgan fingerprint density at radius 2 is 1.67 bits per heavy atom. The second-order valence-electron chi connectivity index (χ2n) is 7.51. The molecule has 30 heavy (non-hydrogen) atoms. The van der Waals surface area contributed by atoms with Crippen molar-refractivity contribution in [3.05, 3.63) is 36.5 Å². The number of ether oxygens (including phenoxy) is 5. The molecule has 1 saturated heterocycles. The van der Waals surface area contributed by atoms with Gasteiger partial charge in [0.1, 0.15) is 24.3 Å². The zero-order valence-electron chi connectivity index (χ0n) is 17.9. The van der Waals surface area contributed by atoms with Gasteiger partial charge in [0.25, 0.3) is 0 Å². The Hall–Kier alpha value is -2.20. The van der Waals surface area contributed by atoms with E-state index in [0.717, 1.165) is 16.7 Å². The highest BCUT2D eigenvalue weighted by Crippen LogP contribution is 2.19. The zero-order chi connectivity index (χ0) is 22.7. The van der Waals surface area contributed by atoms with Crippen molar-refractivity contribution < 1.29 is 38.4 Å². The van der Waals surface area contributed by atoms with Gasteiger partial charge in [-0.3, -0.25) is 0 Å². The van der Waals surface area contributed by atoms with Crippen molar-refractivity contribution in [2.75, 3.05) is 39.6 Å². The van der Waals surface area contributed by atoms with Crippen LogP contribution in [0.1, 0.15) is 20.8 Å². The van der Waals surface area contributed by atoms with Crippen molar-refractivity contribution in [2.45, 2.75) is 45.1 Å². The summed E-state index contributed by atoms with van der Waals surface area (Å²) in [4.78, 5) is 23.5. The molecule has 0 radical (unpaired) electrons. The van der Waals surface area contributed by atoms with Gasteiger partial charge in [-0.2, -0.15) is 0 Å². The SMILES string of the molecule is C=C(C)COC[C@H]1OC(=O)[C@H](NC(=O)[O-])COC[C@H](OCC(=C)C)[C@H]1OCC(=C)C. The lowest BCUT2D eigenvalue weighted by atomic mass is 10.1. The van der Waals surface area contributed by atoms with Crippen LogP contribution in [0.25, 0.3) is 0 Å². The summed E-state index contributed by atoms with van der Waals surface area (Å²) >= 11 is 0. The Labute approximate surface area is 177 Å². The smallest absolute Gasteiger partial charge is 0.331 e. The molecule has 0 saturated carbocycles. The zero-order valence-corrected chi connectivity index (χ0v) is 17.9. The molecule has 1 N–H and O–H groups in total. The Morgan fingerprint density at radius 3 is 2.23 bits per heavy atom. The van der Waals surface area contributed by atoms with Crippen LogP contribution in [0, 0.1) is 0 Å². The number of carboxylic acid groups (broad SMARTS) is 1. The Kier molecular flexibility index (Phi) is 11.3. The molecule has 1 aliphatic heterocycles. The molecule has 9 heteroatoms. The van der Waals surface area contributed by atoms with Crippen molar-refractivity contribution in [3.63, 3.8) is 0 Å². The van der Waals surface area contributed by atoms with Crippen molar-refractivity contribution in [1.82, 2.24) is 5.32 Å². The maximum absolute atomic E-state index is 12.6. The van der Waals surface area contributed by atoms with Gasteiger partial charge >= 0.3 is 5.97 Å². The van der Waals surface area contributed by atoms with Crippen LogP contribution in [0.2, 0.25) is 0 Å². The van der Waals surface area contributed by atoms with Crippen molar-refractivity contribution >= 4 is 12.1 Å². The van der Waals surface area contributed by atoms with E-state index in [1.165, 1.54) is 0 Å². The van der Waals surface area contributed by atoms with Gasteiger partial charge in [-0.15, -0.1) is 0 Å². The number of carbonyl (C=O) groups excluding carboxylic acids is 2. The molecule has 0 aromatic rings. The number of cyclic esters (lactones) is 1. The first-order valence-electron chi connectivity index (χ1n) is 9.60. The number of esters is 1. The van der Waals surface area contributed by atoms with Crippen LogP contribution in [0.4, 0.5) is 4.79 Å². The molecule has 1 fully saturated rings. The molecular weight excluding hydrogens is 394 g/mol. The second kappa shape index (κ2) is 13.2. The second-order valence-corrected chi connectivity index (χ2v) is 7.51. The molecule has 170 valence electrons. The van der Waals surface area contributed by atoms with E-state index in [-0.39, 0.29) is 39.6 Å². The predicted octanol–water partition coefficient (Wildman–Crippen LogP) is 0.745. The quantitative estimate of drug-likeness (QED) is 0.380. The van der Waals surface area contributed by atoms with Gasteiger partial charge in [-0.25, -0.2) is 4.79 Å². The highest BCUT2D eigenvalue weighted by atomic mass is 16.6. The minimum absolute atomic E-state index is 0.00949. The van der Waals surface area contributed by atoms with Gasteiger partial charge in [-0.05, 0) is 20.8 Å². The van der Waals surface area contributed by atoms with Gasteiger partial charge in [0.05, 0.1) is 39.6 Å². The molecule has 0 aliphatic carbocycles. The van der Waals surface area contributed by atoms with Gasteiger partial charge in [-0.1, -0.05) is 36.5 Å². The first kappa shape index (κ1) is 25.8. The average molecular weight is 426 g/mol. The number of rotatable bonds is 11. The Balaban J connectivity index is 3.14. The summed E-state index contributed by atoms with van der Waals surface area (Å²) in [5.74, 6) is -0.826. The van der Waals surface area contributed by atoms with E-state index in [2.05, 4.69) is 19.7 Å². The molecule has 4 atom stereocenters. The number of hydrogen-bond acceptors (Lipinski definition) is 8. The summed E-state index contributed by atoms with van der Waals surface area (Å²) in [6, 6.07) is -1.25. The maximum Gasteiger partial charge on any atom is 0.331 e. The fourth-order valence-electron chi connectivity index (χ4n) is 2.57. The summed E-state index contributed by atoms with van der Waals surface area (Å²) in [5, 5.41) is 12.9. The highest BCUT2D eigenvalue weighted by Gasteiger charge is 2.38. The van der Waals surface area contributed by atoms with E-state index in [0.29, 0.717) is 0 Å². The standard InChI is InChI=1S/C21H33NO8/c1-13(2)7-26-12-18-19(29-9-15(5)6)17(28-8-14(3)4)11-27-10-16(20(23)30-18)22-21(24)25/h16-19,22H,1,3,5,7-12H2,2,4,6H3,(H,24,25)/p-1/t16-,17+,18-,19-/m1/s1. The third-order valence-electron chi connectivity index (χ3n) is 3.84. The van der Waals surface area contributed by atoms with Crippen molar-refractivity contribution in [2.24, 2.45) is 0 Å². The summed E-state index contributed by atoms with van der Waals surface area (Å²) in [6.07, 6.45) is -3.88. The Bertz CT molecular complexity index is 632. The minimum atomic E-state index is -1.61. The molecule has 1 heterocycles. The monoisotopic (exact) mass is 426 g/mol. The van der Waals surface area contributed by atoms with Gasteiger partial charge in [0.15, 0.2) is 6.10 Å². The average Bonchev–Trinajstić information content (AvgIpc) is 2.67. The fraction of sp³-hybridized carbons (Fsp3) is 0.619. The Morgan fingerprint density at radius 1 is 1.07 bits per heavy atom. The molecule has 1 rings (SSSR count). The molecule has 0 aromatic carbocycles. The van der Waals surface area contributed by atoms with Crippen LogP contribution in [0.3, 0.4) is 0 Å². The van der Waals surface area contributed by atoms with Crippen molar-refractivity contribution in [3.8, 4) is 0 Å². The minimum Gasteiger partial charge on any atom is -0.530 e. The van der Waals surface area contributed by atoms with E-state index < -0.39 is 36.4 Å². The molecule has 1 amide bonds. The summed E-state index contributed by atoms with van der Waals surface area (Å²) in [7, 11) is 0. The number of nitrogens with one attached hydrogen (secondary N) is 1. The van der Waals surface area contributed by atoms with Crippen LogP contribution in [0.15, 0.2) is 36.5 Å². The molecule has 0 unspecified atom stereocenters. The lowest BCUT2D eigenvalue weighted by Gasteiger charge is -2.32. The van der Waals surface area contributed by atoms with Crippen LogP contribution < -0.4 is 10.4 Å². The van der Waals surface area contributed by atoms with E-state index in [1.54, 1.807) is 13.8 Å². The summed E-state index contributed by atoms with van der Waals surface area (Å²) in [5.41, 5.74) is 2.34. The van der Waals surface area contributed by atoms with Crippen molar-refractivity contribution in [1.29, 1.82) is 0 Å². The summed E-state index contributed by atoms with van der Waals surface area (Å²) < 4.78 is 28.6. The maximum atomic E-state index is 12.6. The normalized spacial score (nSPS) is 24.7. The van der Waals surface area contributed by atoms with E-state index >= 15 is 0 Å². The largest absolute Gasteiger partial charge is 0.530 e. The number of carbonyl (C=O) groups is 2. The lowest BCUT2D eigenvalue weighted by molar-refractivity contribution is -0.252. The van der Waals surface area contributed by atoms with Crippen LogP contribution in [0.5, 0.6) is 0 Å². The van der Waals surface area contributed by atoms with E-state index in [9.17, 15) is 14.7 Å². The summed E-state index contributed by atoms with van der Waals surface area (Å²) in [6.45, 7) is 17.3. The molecule has 9 nitrogen and oxygen atoms in total. The lowest BCUT2D eigenvalue weighted by Crippen LogP contribution is -2.51.